The van der Waals surface area contributed by atoms with Crippen molar-refractivity contribution < 1.29 is 9.59 Å². The average Bonchev–Trinajstić information content (AvgIpc) is 3.38. The van der Waals surface area contributed by atoms with E-state index in [-0.39, 0.29) is 17.9 Å². The summed E-state index contributed by atoms with van der Waals surface area (Å²) in [5.74, 6) is 1.26. The maximum absolute atomic E-state index is 13.1. The molecule has 186 valence electrons. The van der Waals surface area contributed by atoms with E-state index in [1.807, 2.05) is 37.5 Å². The highest BCUT2D eigenvalue weighted by Crippen LogP contribution is 2.26. The highest BCUT2D eigenvalue weighted by Gasteiger charge is 2.26. The Bertz CT molecular complexity index is 1130. The minimum atomic E-state index is -0.175. The molecule has 0 saturated carbocycles. The maximum atomic E-state index is 13.1. The first kappa shape index (κ1) is 25.0. The lowest BCUT2D eigenvalue weighted by molar-refractivity contribution is -0.127. The molecule has 7 nitrogen and oxygen atoms in total. The minimum absolute atomic E-state index is 0.0509. The van der Waals surface area contributed by atoms with Crippen LogP contribution in [-0.4, -0.2) is 51.7 Å². The fourth-order valence-electron chi connectivity index (χ4n) is 4.74. The molecular formula is C28H37N5O2. The van der Waals surface area contributed by atoms with Gasteiger partial charge in [-0.3, -0.25) is 14.6 Å². The van der Waals surface area contributed by atoms with Crippen LogP contribution in [0.1, 0.15) is 70.2 Å². The van der Waals surface area contributed by atoms with Crippen molar-refractivity contribution in [2.45, 2.75) is 64.3 Å². The van der Waals surface area contributed by atoms with Crippen LogP contribution in [0.4, 0.5) is 0 Å². The Balaban J connectivity index is 1.45. The molecule has 2 N–H and O–H groups in total. The van der Waals surface area contributed by atoms with E-state index >= 15 is 0 Å². The number of rotatable bonds is 11. The van der Waals surface area contributed by atoms with Gasteiger partial charge in [-0.2, -0.15) is 0 Å². The molecule has 1 aliphatic heterocycles. The number of carbonyl (C=O) groups excluding carboxylic acids is 2. The quantitative estimate of drug-likeness (QED) is 0.379. The van der Waals surface area contributed by atoms with E-state index in [1.165, 1.54) is 0 Å². The topological polar surface area (TPSA) is 91.0 Å². The number of nitrogens with one attached hydrogen (secondary N) is 2. The molecule has 3 aromatic rings. The number of benzene rings is 1. The number of likely N-dealkylation sites (tertiary alicyclic amines) is 1. The number of nitrogens with zero attached hydrogens (tertiary/aromatic N) is 3. The second-order valence-corrected chi connectivity index (χ2v) is 9.73. The molecule has 0 spiro atoms. The molecule has 4 rings (SSSR count). The first-order valence-electron chi connectivity index (χ1n) is 12.9. The molecule has 0 aliphatic carbocycles. The van der Waals surface area contributed by atoms with Crippen LogP contribution >= 0.6 is 0 Å². The lowest BCUT2D eigenvalue weighted by Crippen LogP contribution is -2.40. The summed E-state index contributed by atoms with van der Waals surface area (Å²) in [6.45, 7) is 3.82. The molecule has 1 fully saturated rings. The smallest absolute Gasteiger partial charge is 0.223 e. The fourth-order valence-corrected chi connectivity index (χ4v) is 4.74. The standard InChI is InChI=1S/C28H37N5O2/c1-3-23(34)10-5-4-6-12-25(32-28(35)20-13-15-33(2)16-14-20)27-30-19-26(31-27)22-17-21-9-7-8-11-24(21)29-18-22/h7-9,11,17-20,25H,3-6,10,12-16H2,1-2H3,(H,30,31)(H,32,35)/t25-/m0/s1. The van der Waals surface area contributed by atoms with Gasteiger partial charge in [0.15, 0.2) is 0 Å². The number of unbranched alkanes of at least 4 members (excludes halogenated alkanes) is 2. The summed E-state index contributed by atoms with van der Waals surface area (Å²) in [6, 6.07) is 9.98. The van der Waals surface area contributed by atoms with Gasteiger partial charge >= 0.3 is 0 Å². The lowest BCUT2D eigenvalue weighted by Gasteiger charge is -2.29. The van der Waals surface area contributed by atoms with Crippen molar-refractivity contribution in [3.63, 3.8) is 0 Å². The first-order valence-corrected chi connectivity index (χ1v) is 12.9. The highest BCUT2D eigenvalue weighted by molar-refractivity contribution is 5.83. The predicted molar refractivity (Wildman–Crippen MR) is 139 cm³/mol. The number of para-hydroxylation sites is 1. The summed E-state index contributed by atoms with van der Waals surface area (Å²) in [4.78, 5) is 39.7. The van der Waals surface area contributed by atoms with Crippen molar-refractivity contribution in [1.29, 1.82) is 0 Å². The van der Waals surface area contributed by atoms with Crippen molar-refractivity contribution in [1.82, 2.24) is 25.2 Å². The fraction of sp³-hybridized carbons (Fsp3) is 0.500. The third kappa shape index (κ3) is 6.75. The Morgan fingerprint density at radius 1 is 1.11 bits per heavy atom. The zero-order valence-corrected chi connectivity index (χ0v) is 20.9. The number of imidazole rings is 1. The van der Waals surface area contributed by atoms with Gasteiger partial charge < -0.3 is 15.2 Å². The number of ketones is 1. The van der Waals surface area contributed by atoms with Crippen LogP contribution in [0.2, 0.25) is 0 Å². The van der Waals surface area contributed by atoms with Gasteiger partial charge in [0, 0.05) is 35.9 Å². The number of piperidine rings is 1. The third-order valence-corrected chi connectivity index (χ3v) is 7.08. The molecule has 7 heteroatoms. The molecule has 35 heavy (non-hydrogen) atoms. The van der Waals surface area contributed by atoms with Crippen LogP contribution in [0.3, 0.4) is 0 Å². The van der Waals surface area contributed by atoms with Gasteiger partial charge in [0.1, 0.15) is 11.6 Å². The van der Waals surface area contributed by atoms with Gasteiger partial charge in [-0.05, 0) is 58.0 Å². The Kier molecular flexibility index (Phi) is 8.64. The Hall–Kier alpha value is -3.06. The van der Waals surface area contributed by atoms with Crippen molar-refractivity contribution in [2.24, 2.45) is 5.92 Å². The van der Waals surface area contributed by atoms with Gasteiger partial charge in [-0.1, -0.05) is 38.0 Å². The van der Waals surface area contributed by atoms with E-state index in [1.54, 1.807) is 0 Å². The number of amides is 1. The highest BCUT2D eigenvalue weighted by atomic mass is 16.2. The summed E-state index contributed by atoms with van der Waals surface area (Å²) in [5.41, 5.74) is 2.83. The minimum Gasteiger partial charge on any atom is -0.346 e. The van der Waals surface area contributed by atoms with Crippen molar-refractivity contribution in [3.8, 4) is 11.3 Å². The van der Waals surface area contributed by atoms with Crippen molar-refractivity contribution in [2.75, 3.05) is 20.1 Å². The van der Waals surface area contributed by atoms with E-state index in [2.05, 4.69) is 44.3 Å². The first-order chi connectivity index (χ1) is 17.0. The molecule has 0 bridgehead atoms. The Labute approximate surface area is 207 Å². The summed E-state index contributed by atoms with van der Waals surface area (Å²) in [6.07, 6.45) is 10.3. The second-order valence-electron chi connectivity index (χ2n) is 9.73. The molecule has 1 saturated heterocycles. The molecular weight excluding hydrogens is 438 g/mol. The van der Waals surface area contributed by atoms with E-state index < -0.39 is 0 Å². The maximum Gasteiger partial charge on any atom is 0.223 e. The SMILES string of the molecule is CCC(=O)CCCCC[C@H](NC(=O)C1CCN(C)CC1)c1ncc(-c2cnc3ccccc3c2)[nH]1. The third-order valence-electron chi connectivity index (χ3n) is 7.08. The van der Waals surface area contributed by atoms with Crippen LogP contribution < -0.4 is 5.32 Å². The number of H-pyrrole nitrogens is 1. The Morgan fingerprint density at radius 2 is 1.91 bits per heavy atom. The average molecular weight is 476 g/mol. The summed E-state index contributed by atoms with van der Waals surface area (Å²) >= 11 is 0. The van der Waals surface area contributed by atoms with Crippen LogP contribution in [0, 0.1) is 5.92 Å². The predicted octanol–water partition coefficient (Wildman–Crippen LogP) is 5.05. The number of hydrogen-bond acceptors (Lipinski definition) is 5. The molecule has 1 aromatic carbocycles. The van der Waals surface area contributed by atoms with Crippen LogP contribution in [0.15, 0.2) is 42.7 Å². The van der Waals surface area contributed by atoms with Gasteiger partial charge in [0.05, 0.1) is 23.4 Å². The molecule has 2 aromatic heterocycles. The molecule has 0 radical (unpaired) electrons. The summed E-state index contributed by atoms with van der Waals surface area (Å²) < 4.78 is 0. The van der Waals surface area contributed by atoms with Crippen LogP contribution in [0.5, 0.6) is 0 Å². The Morgan fingerprint density at radius 3 is 2.71 bits per heavy atom. The normalized spacial score (nSPS) is 15.8. The molecule has 1 aliphatic rings. The van der Waals surface area contributed by atoms with E-state index in [0.717, 1.165) is 79.6 Å². The largest absolute Gasteiger partial charge is 0.346 e. The zero-order valence-electron chi connectivity index (χ0n) is 20.9. The number of pyridine rings is 1. The van der Waals surface area contributed by atoms with Gasteiger partial charge in [0.2, 0.25) is 5.91 Å². The monoisotopic (exact) mass is 475 g/mol. The second kappa shape index (κ2) is 12.1. The molecule has 3 heterocycles. The number of Topliss-reactive ketones (excluding diaryl/α,β-unsaturated/α-hetero) is 1. The van der Waals surface area contributed by atoms with E-state index in [4.69, 9.17) is 0 Å². The molecule has 0 unspecified atom stereocenters. The number of carbonyl (C=O) groups is 2. The summed E-state index contributed by atoms with van der Waals surface area (Å²) in [5, 5.41) is 4.37. The van der Waals surface area contributed by atoms with Crippen molar-refractivity contribution in [3.05, 3.63) is 48.5 Å². The summed E-state index contributed by atoms with van der Waals surface area (Å²) in [7, 11) is 2.10. The van der Waals surface area contributed by atoms with Gasteiger partial charge in [0.25, 0.3) is 0 Å². The van der Waals surface area contributed by atoms with Crippen molar-refractivity contribution >= 4 is 22.6 Å². The van der Waals surface area contributed by atoms with Gasteiger partial charge in [-0.15, -0.1) is 0 Å². The van der Waals surface area contributed by atoms with Gasteiger partial charge in [-0.25, -0.2) is 4.98 Å². The molecule has 1 atom stereocenters. The number of fused-ring (bicyclic) bond motifs is 1. The lowest BCUT2D eigenvalue weighted by atomic mass is 9.95. The zero-order chi connectivity index (χ0) is 24.6. The molecule has 1 amide bonds. The number of hydrogen-bond donors (Lipinski definition) is 2. The van der Waals surface area contributed by atoms with Crippen LogP contribution in [-0.2, 0) is 9.59 Å². The number of aromatic amines is 1. The van der Waals surface area contributed by atoms with E-state index in [0.29, 0.717) is 18.6 Å². The van der Waals surface area contributed by atoms with E-state index in [9.17, 15) is 9.59 Å². The number of aromatic nitrogens is 3. The van der Waals surface area contributed by atoms with Crippen LogP contribution in [0.25, 0.3) is 22.2 Å².